The zero-order valence-electron chi connectivity index (χ0n) is 14.3. The topological polar surface area (TPSA) is 79.9 Å². The van der Waals surface area contributed by atoms with Crippen LogP contribution < -0.4 is 15.8 Å². The summed E-state index contributed by atoms with van der Waals surface area (Å²) >= 11 is 0. The fraction of sp³-hybridized carbons (Fsp3) is 0.529. The summed E-state index contributed by atoms with van der Waals surface area (Å²) in [5.74, 6) is 1.87. The molecule has 0 saturated carbocycles. The Bertz CT molecular complexity index is 557. The van der Waals surface area contributed by atoms with Crippen molar-refractivity contribution in [1.29, 1.82) is 0 Å². The molecule has 1 aliphatic heterocycles. The maximum Gasteiger partial charge on any atom is 0.251 e. The second-order valence-corrected chi connectivity index (χ2v) is 5.90. The lowest BCUT2D eigenvalue weighted by molar-refractivity contribution is 0.0954. The largest absolute Gasteiger partial charge is 0.497 e. The van der Waals surface area contributed by atoms with Crippen LogP contribution in [0.2, 0.25) is 0 Å². The van der Waals surface area contributed by atoms with E-state index < -0.39 is 0 Å². The number of nitrogens with one attached hydrogen (secondary N) is 1. The summed E-state index contributed by atoms with van der Waals surface area (Å²) in [7, 11) is 1.58. The fourth-order valence-electron chi connectivity index (χ4n) is 2.54. The molecule has 24 heavy (non-hydrogen) atoms. The number of carbonyl (C=O) groups is 1. The number of guanidine groups is 1. The van der Waals surface area contributed by atoms with Gasteiger partial charge in [0.05, 0.1) is 13.7 Å². The van der Waals surface area contributed by atoms with E-state index in [2.05, 4.69) is 22.1 Å². The van der Waals surface area contributed by atoms with E-state index in [1.54, 1.807) is 31.4 Å². The van der Waals surface area contributed by atoms with Gasteiger partial charge in [-0.2, -0.15) is 0 Å². The highest BCUT2D eigenvalue weighted by Crippen LogP contribution is 2.15. The number of hydrogen-bond acceptors (Lipinski definition) is 3. The number of amides is 1. The number of nitrogens with zero attached hydrogens (tertiary/aromatic N) is 2. The third-order valence-electron chi connectivity index (χ3n) is 4.11. The van der Waals surface area contributed by atoms with Crippen molar-refractivity contribution >= 4 is 35.8 Å². The summed E-state index contributed by atoms with van der Waals surface area (Å²) in [6.45, 7) is 5.13. The van der Waals surface area contributed by atoms with E-state index in [0.29, 0.717) is 30.4 Å². The van der Waals surface area contributed by atoms with Gasteiger partial charge in [0.1, 0.15) is 5.75 Å². The Morgan fingerprint density at radius 2 is 2.12 bits per heavy atom. The lowest BCUT2D eigenvalue weighted by Crippen LogP contribution is -2.42. The molecule has 0 aromatic heterocycles. The summed E-state index contributed by atoms with van der Waals surface area (Å²) < 4.78 is 5.11. The first-order chi connectivity index (χ1) is 11.1. The maximum atomic E-state index is 12.0. The first-order valence-electron chi connectivity index (χ1n) is 8.07. The standard InChI is InChI=1S/C17H26N4O2.HI/c1-13-6-10-21(11-7-13)17(18)20-9-8-19-16(22)14-4-3-5-15(12-14)23-2;/h3-5,12-13H,6-11H2,1-2H3,(H2,18,20)(H,19,22);1H. The van der Waals surface area contributed by atoms with E-state index in [1.165, 1.54) is 0 Å². The van der Waals surface area contributed by atoms with Gasteiger partial charge in [0.2, 0.25) is 0 Å². The van der Waals surface area contributed by atoms with Gasteiger partial charge in [-0.1, -0.05) is 13.0 Å². The molecular formula is C17H27IN4O2. The molecule has 3 N–H and O–H groups in total. The van der Waals surface area contributed by atoms with Crippen molar-refractivity contribution in [2.45, 2.75) is 19.8 Å². The fourth-order valence-corrected chi connectivity index (χ4v) is 2.54. The van der Waals surface area contributed by atoms with E-state index in [1.807, 2.05) is 0 Å². The number of halogens is 1. The smallest absolute Gasteiger partial charge is 0.251 e. The zero-order chi connectivity index (χ0) is 16.7. The number of aliphatic imine (C=N–C) groups is 1. The van der Waals surface area contributed by atoms with Crippen LogP contribution in [-0.4, -0.2) is 50.1 Å². The van der Waals surface area contributed by atoms with Crippen LogP contribution in [0.3, 0.4) is 0 Å². The van der Waals surface area contributed by atoms with Crippen LogP contribution >= 0.6 is 24.0 Å². The minimum atomic E-state index is -0.135. The third-order valence-corrected chi connectivity index (χ3v) is 4.11. The van der Waals surface area contributed by atoms with Crippen LogP contribution in [0.25, 0.3) is 0 Å². The normalized spacial score (nSPS) is 15.6. The van der Waals surface area contributed by atoms with Crippen LogP contribution in [0.4, 0.5) is 0 Å². The zero-order valence-corrected chi connectivity index (χ0v) is 16.7. The Balaban J connectivity index is 0.00000288. The molecule has 1 saturated heterocycles. The Hall–Kier alpha value is -1.51. The molecule has 0 bridgehead atoms. The number of benzene rings is 1. The lowest BCUT2D eigenvalue weighted by atomic mass is 10.00. The van der Waals surface area contributed by atoms with E-state index in [-0.39, 0.29) is 29.9 Å². The van der Waals surface area contributed by atoms with Gasteiger partial charge in [0.25, 0.3) is 5.91 Å². The number of ether oxygens (including phenoxy) is 1. The van der Waals surface area contributed by atoms with Gasteiger partial charge in [0.15, 0.2) is 5.96 Å². The first-order valence-corrected chi connectivity index (χ1v) is 8.07. The van der Waals surface area contributed by atoms with Gasteiger partial charge in [-0.25, -0.2) is 0 Å². The Labute approximate surface area is 160 Å². The van der Waals surface area contributed by atoms with Crippen molar-refractivity contribution in [3.8, 4) is 5.75 Å². The van der Waals surface area contributed by atoms with Gasteiger partial charge >= 0.3 is 0 Å². The molecule has 0 unspecified atom stereocenters. The number of nitrogens with two attached hydrogens (primary N) is 1. The molecule has 6 nitrogen and oxygen atoms in total. The molecule has 1 aromatic rings. The minimum absolute atomic E-state index is 0. The second-order valence-electron chi connectivity index (χ2n) is 5.90. The Morgan fingerprint density at radius 1 is 1.42 bits per heavy atom. The third kappa shape index (κ3) is 6.18. The van der Waals surface area contributed by atoms with Crippen LogP contribution in [-0.2, 0) is 0 Å². The SMILES string of the molecule is COc1cccc(C(=O)NCCN=C(N)N2CCC(C)CC2)c1.I. The summed E-state index contributed by atoms with van der Waals surface area (Å²) in [4.78, 5) is 18.5. The number of likely N-dealkylation sites (tertiary alicyclic amines) is 1. The predicted octanol–water partition coefficient (Wildman–Crippen LogP) is 2.09. The Kier molecular flexibility index (Phi) is 8.88. The van der Waals surface area contributed by atoms with Gasteiger partial charge in [0, 0.05) is 25.2 Å². The van der Waals surface area contributed by atoms with Crippen molar-refractivity contribution < 1.29 is 9.53 Å². The van der Waals surface area contributed by atoms with Crippen molar-refractivity contribution in [2.75, 3.05) is 33.3 Å². The molecule has 0 atom stereocenters. The second kappa shape index (κ2) is 10.4. The van der Waals surface area contributed by atoms with E-state index in [4.69, 9.17) is 10.5 Å². The number of methoxy groups -OCH3 is 1. The van der Waals surface area contributed by atoms with Gasteiger partial charge in [-0.3, -0.25) is 9.79 Å². The minimum Gasteiger partial charge on any atom is -0.497 e. The highest BCUT2D eigenvalue weighted by Gasteiger charge is 2.16. The van der Waals surface area contributed by atoms with Gasteiger partial charge in [-0.15, -0.1) is 24.0 Å². The number of hydrogen-bond donors (Lipinski definition) is 2. The van der Waals surface area contributed by atoms with Crippen molar-refractivity contribution in [2.24, 2.45) is 16.6 Å². The van der Waals surface area contributed by atoms with Crippen LogP contribution in [0.5, 0.6) is 5.75 Å². The number of rotatable bonds is 5. The molecular weight excluding hydrogens is 419 g/mol. The van der Waals surface area contributed by atoms with Crippen molar-refractivity contribution in [3.63, 3.8) is 0 Å². The highest BCUT2D eigenvalue weighted by molar-refractivity contribution is 14.0. The molecule has 1 heterocycles. The molecule has 134 valence electrons. The molecule has 7 heteroatoms. The van der Waals surface area contributed by atoms with Gasteiger partial charge in [-0.05, 0) is 37.0 Å². The summed E-state index contributed by atoms with van der Waals surface area (Å²) in [5, 5.41) is 2.84. The van der Waals surface area contributed by atoms with Crippen LogP contribution in [0.1, 0.15) is 30.1 Å². The average Bonchev–Trinajstić information content (AvgIpc) is 2.59. The predicted molar refractivity (Wildman–Crippen MR) is 107 cm³/mol. The monoisotopic (exact) mass is 446 g/mol. The van der Waals surface area contributed by atoms with Crippen LogP contribution in [0.15, 0.2) is 29.3 Å². The summed E-state index contributed by atoms with van der Waals surface area (Å²) in [6, 6.07) is 7.06. The van der Waals surface area contributed by atoms with Crippen LogP contribution in [0, 0.1) is 5.92 Å². The average molecular weight is 446 g/mol. The van der Waals surface area contributed by atoms with E-state index >= 15 is 0 Å². The molecule has 0 radical (unpaired) electrons. The summed E-state index contributed by atoms with van der Waals surface area (Å²) in [5.41, 5.74) is 6.58. The van der Waals surface area contributed by atoms with E-state index in [0.717, 1.165) is 31.8 Å². The molecule has 0 spiro atoms. The molecule has 2 rings (SSSR count). The molecule has 1 aliphatic rings. The molecule has 1 aromatic carbocycles. The lowest BCUT2D eigenvalue weighted by Gasteiger charge is -2.31. The number of carbonyl (C=O) groups excluding carboxylic acids is 1. The number of piperidine rings is 1. The molecule has 1 amide bonds. The highest BCUT2D eigenvalue weighted by atomic mass is 127. The van der Waals surface area contributed by atoms with Crippen molar-refractivity contribution in [1.82, 2.24) is 10.2 Å². The molecule has 0 aliphatic carbocycles. The van der Waals surface area contributed by atoms with Crippen molar-refractivity contribution in [3.05, 3.63) is 29.8 Å². The maximum absolute atomic E-state index is 12.0. The first kappa shape index (κ1) is 20.5. The summed E-state index contributed by atoms with van der Waals surface area (Å²) in [6.07, 6.45) is 2.31. The quantitative estimate of drug-likeness (QED) is 0.314. The Morgan fingerprint density at radius 3 is 2.79 bits per heavy atom. The van der Waals surface area contributed by atoms with Gasteiger partial charge < -0.3 is 20.7 Å². The van der Waals surface area contributed by atoms with E-state index in [9.17, 15) is 4.79 Å². The molecule has 1 fully saturated rings.